The molecule has 1 aromatic carbocycles. The van der Waals surface area contributed by atoms with E-state index in [4.69, 9.17) is 10.2 Å². The molecule has 3 aromatic rings. The van der Waals surface area contributed by atoms with Gasteiger partial charge < -0.3 is 10.2 Å². The number of benzene rings is 1. The molecule has 2 N–H and O–H groups in total. The number of hydrogen-bond donors (Lipinski definition) is 1. The summed E-state index contributed by atoms with van der Waals surface area (Å²) in [6.45, 7) is 3.70. The topological polar surface area (TPSA) is 99.6 Å². The molecule has 0 saturated heterocycles. The molecule has 134 valence electrons. The van der Waals surface area contributed by atoms with Gasteiger partial charge in [0, 0.05) is 11.1 Å². The van der Waals surface area contributed by atoms with E-state index >= 15 is 0 Å². The zero-order valence-corrected chi connectivity index (χ0v) is 15.4. The van der Waals surface area contributed by atoms with Gasteiger partial charge in [0.1, 0.15) is 29.5 Å². The van der Waals surface area contributed by atoms with Crippen molar-refractivity contribution in [1.29, 1.82) is 10.5 Å². The maximum Gasteiger partial charge on any atom is 0.142 e. The van der Waals surface area contributed by atoms with E-state index in [9.17, 15) is 10.5 Å². The van der Waals surface area contributed by atoms with Crippen molar-refractivity contribution in [3.8, 4) is 23.5 Å². The Hall–Kier alpha value is -4.09. The van der Waals surface area contributed by atoms with Gasteiger partial charge in [0.25, 0.3) is 0 Å². The first-order chi connectivity index (χ1) is 13.5. The standard InChI is InChI=1S/C23H16N4O/c1-13-17(10-16-8-9-20(28-16)15-6-4-3-5-7-15)21-14(2)19(12-25)23(26)27-22(21)18(13)11-24/h3-10H,1-2H3,(H2,26,27). The van der Waals surface area contributed by atoms with Crippen LogP contribution in [0.25, 0.3) is 28.5 Å². The molecule has 2 heterocycles. The fourth-order valence-electron chi connectivity index (χ4n) is 3.53. The summed E-state index contributed by atoms with van der Waals surface area (Å²) in [4.78, 5) is 4.34. The lowest BCUT2D eigenvalue weighted by atomic mass is 9.96. The number of nitrogens with two attached hydrogens (primary N) is 1. The first-order valence-corrected chi connectivity index (χ1v) is 8.74. The molecule has 1 aliphatic carbocycles. The van der Waals surface area contributed by atoms with Crippen LogP contribution >= 0.6 is 0 Å². The monoisotopic (exact) mass is 364 g/mol. The van der Waals surface area contributed by atoms with Gasteiger partial charge in [-0.1, -0.05) is 30.3 Å². The second kappa shape index (κ2) is 6.57. The Morgan fingerprint density at radius 1 is 1.04 bits per heavy atom. The number of anilines is 1. The summed E-state index contributed by atoms with van der Waals surface area (Å²) in [7, 11) is 0. The Morgan fingerprint density at radius 3 is 2.46 bits per heavy atom. The largest absolute Gasteiger partial charge is 0.457 e. The number of allylic oxidation sites excluding steroid dienone is 3. The molecule has 0 aliphatic heterocycles. The Morgan fingerprint density at radius 2 is 1.79 bits per heavy atom. The van der Waals surface area contributed by atoms with Crippen molar-refractivity contribution in [3.63, 3.8) is 0 Å². The molecule has 0 radical (unpaired) electrons. The number of nitriles is 2. The number of aromatic nitrogens is 1. The van der Waals surface area contributed by atoms with Gasteiger partial charge in [0.05, 0.1) is 16.8 Å². The zero-order valence-electron chi connectivity index (χ0n) is 15.4. The molecule has 28 heavy (non-hydrogen) atoms. The lowest BCUT2D eigenvalue weighted by molar-refractivity contribution is 0.572. The van der Waals surface area contributed by atoms with Crippen LogP contribution in [-0.2, 0) is 0 Å². The van der Waals surface area contributed by atoms with E-state index in [1.807, 2.05) is 62.4 Å². The van der Waals surface area contributed by atoms with Crippen LogP contribution in [0.2, 0.25) is 0 Å². The van der Waals surface area contributed by atoms with Crippen molar-refractivity contribution >= 4 is 23.0 Å². The van der Waals surface area contributed by atoms with Crippen molar-refractivity contribution < 1.29 is 4.42 Å². The van der Waals surface area contributed by atoms with Gasteiger partial charge in [-0.15, -0.1) is 0 Å². The predicted octanol–water partition coefficient (Wildman–Crippen LogP) is 4.96. The van der Waals surface area contributed by atoms with Crippen LogP contribution in [0.4, 0.5) is 5.82 Å². The highest BCUT2D eigenvalue weighted by molar-refractivity contribution is 6.08. The quantitative estimate of drug-likeness (QED) is 0.693. The highest BCUT2D eigenvalue weighted by Crippen LogP contribution is 2.44. The Labute approximate surface area is 162 Å². The predicted molar refractivity (Wildman–Crippen MR) is 108 cm³/mol. The number of pyridine rings is 1. The van der Waals surface area contributed by atoms with Crippen LogP contribution in [0.15, 0.2) is 52.5 Å². The average Bonchev–Trinajstić information content (AvgIpc) is 3.26. The number of hydrogen-bond acceptors (Lipinski definition) is 5. The molecule has 5 heteroatoms. The minimum atomic E-state index is 0.143. The Bertz CT molecular complexity index is 1250. The molecule has 5 nitrogen and oxygen atoms in total. The van der Waals surface area contributed by atoms with E-state index in [0.29, 0.717) is 22.6 Å². The van der Waals surface area contributed by atoms with Gasteiger partial charge in [-0.3, -0.25) is 0 Å². The lowest BCUT2D eigenvalue weighted by Crippen LogP contribution is -2.03. The molecule has 0 fully saturated rings. The van der Waals surface area contributed by atoms with Gasteiger partial charge in [-0.2, -0.15) is 10.5 Å². The van der Waals surface area contributed by atoms with Gasteiger partial charge >= 0.3 is 0 Å². The SMILES string of the molecule is CC1=C(C#N)c2nc(N)c(C#N)c(C)c2C1=Cc1ccc(-c2ccccc2)o1. The third-order valence-corrected chi connectivity index (χ3v) is 4.96. The number of nitrogens with zero attached hydrogens (tertiary/aromatic N) is 3. The normalized spacial score (nSPS) is 14.1. The van der Waals surface area contributed by atoms with Crippen molar-refractivity contribution in [3.05, 3.63) is 76.2 Å². The van der Waals surface area contributed by atoms with Gasteiger partial charge in [-0.05, 0) is 48.8 Å². The molecule has 0 unspecified atom stereocenters. The summed E-state index contributed by atoms with van der Waals surface area (Å²) < 4.78 is 5.99. The van der Waals surface area contributed by atoms with Crippen LogP contribution in [0, 0.1) is 29.6 Å². The second-order valence-electron chi connectivity index (χ2n) is 6.57. The molecular weight excluding hydrogens is 348 g/mol. The first-order valence-electron chi connectivity index (χ1n) is 8.74. The van der Waals surface area contributed by atoms with E-state index in [-0.39, 0.29) is 5.82 Å². The Balaban J connectivity index is 1.88. The molecule has 0 bridgehead atoms. The highest BCUT2D eigenvalue weighted by Gasteiger charge is 2.29. The van der Waals surface area contributed by atoms with Crippen LogP contribution in [-0.4, -0.2) is 4.98 Å². The van der Waals surface area contributed by atoms with Gasteiger partial charge in [0.15, 0.2) is 0 Å². The van der Waals surface area contributed by atoms with E-state index in [1.165, 1.54) is 0 Å². The molecule has 0 saturated carbocycles. The average molecular weight is 364 g/mol. The van der Waals surface area contributed by atoms with Crippen LogP contribution in [0.3, 0.4) is 0 Å². The lowest BCUT2D eigenvalue weighted by Gasteiger charge is -2.10. The molecule has 0 spiro atoms. The van der Waals surface area contributed by atoms with Crippen molar-refractivity contribution in [1.82, 2.24) is 4.98 Å². The molecule has 2 aromatic heterocycles. The van der Waals surface area contributed by atoms with Crippen molar-refractivity contribution in [2.45, 2.75) is 13.8 Å². The van der Waals surface area contributed by atoms with Gasteiger partial charge in [0.2, 0.25) is 0 Å². The fourth-order valence-corrected chi connectivity index (χ4v) is 3.53. The first kappa shape index (κ1) is 17.3. The molecular formula is C23H16N4O. The second-order valence-corrected chi connectivity index (χ2v) is 6.57. The minimum absolute atomic E-state index is 0.143. The fraction of sp³-hybridized carbons (Fsp3) is 0.0870. The summed E-state index contributed by atoms with van der Waals surface area (Å²) in [5, 5.41) is 19.1. The van der Waals surface area contributed by atoms with Crippen LogP contribution < -0.4 is 5.73 Å². The number of rotatable bonds is 2. The molecule has 4 rings (SSSR count). The smallest absolute Gasteiger partial charge is 0.142 e. The van der Waals surface area contributed by atoms with E-state index in [2.05, 4.69) is 17.1 Å². The van der Waals surface area contributed by atoms with E-state index in [1.54, 1.807) is 0 Å². The van der Waals surface area contributed by atoms with Gasteiger partial charge in [-0.25, -0.2) is 4.98 Å². The number of furan rings is 1. The van der Waals surface area contributed by atoms with Crippen molar-refractivity contribution in [2.24, 2.45) is 0 Å². The van der Waals surface area contributed by atoms with Crippen LogP contribution in [0.1, 0.15) is 35.1 Å². The summed E-state index contributed by atoms with van der Waals surface area (Å²) in [6, 6.07) is 18.0. The summed E-state index contributed by atoms with van der Waals surface area (Å²) in [5.74, 6) is 1.57. The summed E-state index contributed by atoms with van der Waals surface area (Å²) >= 11 is 0. The molecule has 0 atom stereocenters. The van der Waals surface area contributed by atoms with Crippen molar-refractivity contribution in [2.75, 3.05) is 5.73 Å². The third kappa shape index (κ3) is 2.58. The zero-order chi connectivity index (χ0) is 19.8. The third-order valence-electron chi connectivity index (χ3n) is 4.96. The Kier molecular flexibility index (Phi) is 4.07. The molecule has 1 aliphatic rings. The highest BCUT2D eigenvalue weighted by atomic mass is 16.3. The minimum Gasteiger partial charge on any atom is -0.457 e. The molecule has 0 amide bonds. The summed E-state index contributed by atoms with van der Waals surface area (Å²) in [5.41, 5.74) is 11.3. The maximum atomic E-state index is 9.62. The number of nitrogen functional groups attached to an aromatic ring is 1. The van der Waals surface area contributed by atoms with E-state index in [0.717, 1.165) is 33.6 Å². The van der Waals surface area contributed by atoms with E-state index < -0.39 is 0 Å². The maximum absolute atomic E-state index is 9.62. The summed E-state index contributed by atoms with van der Waals surface area (Å²) in [6.07, 6.45) is 1.89. The number of fused-ring (bicyclic) bond motifs is 1. The van der Waals surface area contributed by atoms with Crippen LogP contribution in [0.5, 0.6) is 0 Å².